The Morgan fingerprint density at radius 3 is 1.74 bits per heavy atom. The van der Waals surface area contributed by atoms with Crippen LogP contribution in [0.2, 0.25) is 0 Å². The van der Waals surface area contributed by atoms with Crippen molar-refractivity contribution in [2.75, 3.05) is 13.7 Å². The number of para-hydroxylation sites is 1. The lowest BCUT2D eigenvalue weighted by molar-refractivity contribution is -0.143. The molecule has 0 aliphatic heterocycles. The topological polar surface area (TPSA) is 74.2 Å². The van der Waals surface area contributed by atoms with Gasteiger partial charge in [0.1, 0.15) is 23.0 Å². The van der Waals surface area contributed by atoms with E-state index in [1.807, 2.05) is 85.8 Å². The molecule has 0 spiro atoms. The molecule has 0 aliphatic carbocycles. The molecule has 3 atom stereocenters. The first-order valence-corrected chi connectivity index (χ1v) is 11.9. The van der Waals surface area contributed by atoms with Gasteiger partial charge in [0, 0.05) is 7.11 Å². The third-order valence-corrected chi connectivity index (χ3v) is 5.58. The van der Waals surface area contributed by atoms with E-state index in [1.54, 1.807) is 0 Å². The highest BCUT2D eigenvalue weighted by atomic mass is 16.5. The molecule has 1 N–H and O–H groups in total. The van der Waals surface area contributed by atoms with Gasteiger partial charge in [-0.2, -0.15) is 0 Å². The van der Waals surface area contributed by atoms with Gasteiger partial charge in [0.15, 0.2) is 0 Å². The summed E-state index contributed by atoms with van der Waals surface area (Å²) in [7, 11) is 1.51. The molecule has 0 saturated carbocycles. The molecule has 0 fully saturated rings. The van der Waals surface area contributed by atoms with E-state index < -0.39 is 11.9 Å². The molecule has 0 aliphatic rings. The molecule has 3 aromatic carbocycles. The summed E-state index contributed by atoms with van der Waals surface area (Å²) in [6, 6.07) is 24.9. The smallest absolute Gasteiger partial charge is 0.309 e. The number of benzene rings is 3. The highest BCUT2D eigenvalue weighted by Crippen LogP contribution is 2.25. The summed E-state index contributed by atoms with van der Waals surface area (Å²) < 4.78 is 22.9. The van der Waals surface area contributed by atoms with Crippen molar-refractivity contribution in [3.05, 3.63) is 84.4 Å². The van der Waals surface area contributed by atoms with Crippen LogP contribution in [0, 0.1) is 5.92 Å². The fraction of sp³-hybridized carbons (Fsp3) is 0.345. The maximum absolute atomic E-state index is 11.3. The molecule has 35 heavy (non-hydrogen) atoms. The van der Waals surface area contributed by atoms with Crippen LogP contribution >= 0.6 is 0 Å². The molecular formula is C29H34O6. The fourth-order valence-corrected chi connectivity index (χ4v) is 3.67. The molecule has 1 unspecified atom stereocenters. The summed E-state index contributed by atoms with van der Waals surface area (Å²) in [5.74, 6) is 1.72. The Hall–Kier alpha value is -3.51. The van der Waals surface area contributed by atoms with Crippen LogP contribution in [0.15, 0.2) is 78.9 Å². The highest BCUT2D eigenvalue weighted by Gasteiger charge is 2.18. The lowest BCUT2D eigenvalue weighted by Gasteiger charge is -2.19. The maximum atomic E-state index is 11.3. The zero-order valence-electron chi connectivity index (χ0n) is 20.6. The van der Waals surface area contributed by atoms with E-state index in [4.69, 9.17) is 18.9 Å². The fourth-order valence-electron chi connectivity index (χ4n) is 3.67. The van der Waals surface area contributed by atoms with Crippen LogP contribution in [0.3, 0.4) is 0 Å². The quantitative estimate of drug-likeness (QED) is 0.290. The predicted molar refractivity (Wildman–Crippen MR) is 136 cm³/mol. The van der Waals surface area contributed by atoms with Crippen molar-refractivity contribution >= 4 is 5.97 Å². The monoisotopic (exact) mass is 478 g/mol. The predicted octanol–water partition coefficient (Wildman–Crippen LogP) is 6.38. The van der Waals surface area contributed by atoms with Crippen LogP contribution in [0.25, 0.3) is 0 Å². The second-order valence-corrected chi connectivity index (χ2v) is 8.66. The van der Waals surface area contributed by atoms with E-state index in [2.05, 4.69) is 6.92 Å². The van der Waals surface area contributed by atoms with Crippen molar-refractivity contribution in [3.63, 3.8) is 0 Å². The van der Waals surface area contributed by atoms with Crippen molar-refractivity contribution in [2.45, 2.75) is 45.3 Å². The van der Waals surface area contributed by atoms with Gasteiger partial charge >= 0.3 is 5.97 Å². The van der Waals surface area contributed by atoms with Gasteiger partial charge in [-0.3, -0.25) is 4.79 Å². The van der Waals surface area contributed by atoms with Crippen LogP contribution < -0.4 is 14.2 Å². The number of carboxylic acids is 1. The number of aliphatic carboxylic acids is 1. The Morgan fingerprint density at radius 2 is 1.23 bits per heavy atom. The Labute approximate surface area is 207 Å². The molecular weight excluding hydrogens is 444 g/mol. The first-order valence-electron chi connectivity index (χ1n) is 11.9. The first kappa shape index (κ1) is 26.1. The first-order chi connectivity index (χ1) is 16.9. The molecule has 0 heterocycles. The van der Waals surface area contributed by atoms with Crippen molar-refractivity contribution in [3.8, 4) is 23.0 Å². The molecule has 3 aromatic rings. The number of hydrogen-bond donors (Lipinski definition) is 1. The molecule has 6 heteroatoms. The van der Waals surface area contributed by atoms with Gasteiger partial charge < -0.3 is 24.1 Å². The Morgan fingerprint density at radius 1 is 0.743 bits per heavy atom. The minimum Gasteiger partial charge on any atom is -0.491 e. The van der Waals surface area contributed by atoms with Crippen LogP contribution in [0.4, 0.5) is 0 Å². The van der Waals surface area contributed by atoms with E-state index in [1.165, 1.54) is 7.11 Å². The Bertz CT molecular complexity index is 1020. The second-order valence-electron chi connectivity index (χ2n) is 8.66. The SMILES string of the molecule is COCC(Cc1ccc(O[C@@H](C)CC[C@H](C)Oc2ccc(Oc3ccccc3)cc2)cc1)C(=O)O. The van der Waals surface area contributed by atoms with Crippen LogP contribution in [-0.4, -0.2) is 37.0 Å². The highest BCUT2D eigenvalue weighted by molar-refractivity contribution is 5.70. The third-order valence-electron chi connectivity index (χ3n) is 5.58. The van der Waals surface area contributed by atoms with E-state index >= 15 is 0 Å². The molecule has 0 aromatic heterocycles. The van der Waals surface area contributed by atoms with Gasteiger partial charge in [-0.1, -0.05) is 30.3 Å². The normalized spacial score (nSPS) is 13.5. The number of hydrogen-bond acceptors (Lipinski definition) is 5. The number of rotatable bonds is 14. The molecule has 0 radical (unpaired) electrons. The van der Waals surface area contributed by atoms with Crippen molar-refractivity contribution in [1.82, 2.24) is 0 Å². The van der Waals surface area contributed by atoms with Crippen LogP contribution in [0.1, 0.15) is 32.3 Å². The molecule has 3 rings (SSSR count). The van der Waals surface area contributed by atoms with Crippen molar-refractivity contribution in [1.29, 1.82) is 0 Å². The minimum absolute atomic E-state index is 0.0220. The molecule has 0 bridgehead atoms. The largest absolute Gasteiger partial charge is 0.491 e. The summed E-state index contributed by atoms with van der Waals surface area (Å²) in [6.45, 7) is 4.28. The summed E-state index contributed by atoms with van der Waals surface area (Å²) in [4.78, 5) is 11.3. The molecule has 6 nitrogen and oxygen atoms in total. The van der Waals surface area contributed by atoms with E-state index in [9.17, 15) is 9.90 Å². The summed E-state index contributed by atoms with van der Waals surface area (Å²) in [5, 5.41) is 9.28. The second kappa shape index (κ2) is 13.4. The van der Waals surface area contributed by atoms with Crippen molar-refractivity contribution < 1.29 is 28.8 Å². The lowest BCUT2D eigenvalue weighted by atomic mass is 10.0. The average molecular weight is 479 g/mol. The third kappa shape index (κ3) is 8.98. The summed E-state index contributed by atoms with van der Waals surface area (Å²) in [6.07, 6.45) is 2.17. The number of carboxylic acid groups (broad SMARTS) is 1. The van der Waals surface area contributed by atoms with Gasteiger partial charge in [0.25, 0.3) is 0 Å². The summed E-state index contributed by atoms with van der Waals surface area (Å²) in [5.41, 5.74) is 0.941. The maximum Gasteiger partial charge on any atom is 0.309 e. The molecule has 0 amide bonds. The number of ether oxygens (including phenoxy) is 4. The van der Waals surface area contributed by atoms with Crippen molar-refractivity contribution in [2.24, 2.45) is 5.92 Å². The van der Waals surface area contributed by atoms with Gasteiger partial charge in [0.05, 0.1) is 24.7 Å². The van der Waals surface area contributed by atoms with Gasteiger partial charge in [-0.05, 0) is 87.2 Å². The standard InChI is InChI=1S/C29H34O6/c1-21(33-26-13-11-23(12-14-26)19-24(20-32-3)29(30)31)9-10-22(2)34-27-15-17-28(18-16-27)35-25-7-5-4-6-8-25/h4-8,11-18,21-22,24H,9-10,19-20H2,1-3H3,(H,30,31)/t21-,22-,24?/m0/s1. The van der Waals surface area contributed by atoms with Crippen LogP contribution in [0.5, 0.6) is 23.0 Å². The van der Waals surface area contributed by atoms with Gasteiger partial charge in [-0.25, -0.2) is 0 Å². The van der Waals surface area contributed by atoms with E-state index in [0.717, 1.165) is 41.4 Å². The van der Waals surface area contributed by atoms with E-state index in [-0.39, 0.29) is 18.8 Å². The van der Waals surface area contributed by atoms with E-state index in [0.29, 0.717) is 6.42 Å². The Balaban J connectivity index is 1.40. The lowest BCUT2D eigenvalue weighted by Crippen LogP contribution is -2.21. The van der Waals surface area contributed by atoms with Crippen LogP contribution in [-0.2, 0) is 16.0 Å². The number of methoxy groups -OCH3 is 1. The summed E-state index contributed by atoms with van der Waals surface area (Å²) >= 11 is 0. The number of carbonyl (C=O) groups is 1. The molecule has 0 saturated heterocycles. The van der Waals surface area contributed by atoms with Gasteiger partial charge in [-0.15, -0.1) is 0 Å². The van der Waals surface area contributed by atoms with Gasteiger partial charge in [0.2, 0.25) is 0 Å². The molecule has 186 valence electrons. The average Bonchev–Trinajstić information content (AvgIpc) is 2.85. The zero-order chi connectivity index (χ0) is 25.0. The Kier molecular flexibility index (Phi) is 9.99. The minimum atomic E-state index is -0.853. The zero-order valence-corrected chi connectivity index (χ0v) is 20.6.